The van der Waals surface area contributed by atoms with Crippen molar-refractivity contribution in [3.8, 4) is 0 Å². The average Bonchev–Trinajstić information content (AvgIpc) is 2.77. The van der Waals surface area contributed by atoms with E-state index in [0.29, 0.717) is 5.13 Å². The first-order valence-corrected chi connectivity index (χ1v) is 5.82. The van der Waals surface area contributed by atoms with Gasteiger partial charge in [0, 0.05) is 24.7 Å². The fraction of sp³-hybridized carbons (Fsp3) is 0.286. The van der Waals surface area contributed by atoms with Gasteiger partial charge in [-0.1, -0.05) is 23.1 Å². The number of nitrogens with zero attached hydrogens (tertiary/aromatic N) is 4. The Morgan fingerprint density at radius 3 is 3.07 bits per heavy atom. The van der Waals surface area contributed by atoms with Gasteiger partial charge in [0.25, 0.3) is 0 Å². The molecule has 2 aromatic heterocycles. The van der Waals surface area contributed by atoms with Crippen molar-refractivity contribution in [1.82, 2.24) is 19.7 Å². The van der Waals surface area contributed by atoms with Crippen LogP contribution < -0.4 is 5.73 Å². The molecule has 0 atom stereocenters. The smallest absolute Gasteiger partial charge is 0.203 e. The number of nitrogen functional groups attached to an aromatic ring is 1. The number of anilines is 1. The van der Waals surface area contributed by atoms with Crippen LogP contribution in [0.1, 0.15) is 0 Å². The molecule has 0 saturated heterocycles. The fourth-order valence-electron chi connectivity index (χ4n) is 0.936. The van der Waals surface area contributed by atoms with E-state index in [0.717, 1.165) is 16.6 Å². The molecule has 0 fully saturated rings. The monoisotopic (exact) mass is 227 g/mol. The molecule has 74 valence electrons. The second-order valence-corrected chi connectivity index (χ2v) is 4.91. The van der Waals surface area contributed by atoms with Crippen LogP contribution in [0.4, 0.5) is 5.13 Å². The van der Waals surface area contributed by atoms with Gasteiger partial charge in [0.05, 0.1) is 6.33 Å². The number of hydrogen-bond acceptors (Lipinski definition) is 6. The van der Waals surface area contributed by atoms with Crippen molar-refractivity contribution < 1.29 is 0 Å². The zero-order chi connectivity index (χ0) is 9.80. The number of nitrogens with two attached hydrogens (primary N) is 1. The molecule has 0 radical (unpaired) electrons. The quantitative estimate of drug-likeness (QED) is 0.792. The lowest BCUT2D eigenvalue weighted by Crippen LogP contribution is -1.96. The summed E-state index contributed by atoms with van der Waals surface area (Å²) in [7, 11) is 0. The molecule has 2 aromatic rings. The Morgan fingerprint density at radius 2 is 2.43 bits per heavy atom. The zero-order valence-corrected chi connectivity index (χ0v) is 8.96. The third-order valence-corrected chi connectivity index (χ3v) is 3.42. The summed E-state index contributed by atoms with van der Waals surface area (Å²) in [6, 6.07) is 0. The third-order valence-electron chi connectivity index (χ3n) is 1.56. The number of rotatable bonds is 4. The highest BCUT2D eigenvalue weighted by Gasteiger charge is 2.00. The van der Waals surface area contributed by atoms with Crippen LogP contribution >= 0.6 is 23.1 Å². The minimum atomic E-state index is 0.523. The van der Waals surface area contributed by atoms with Gasteiger partial charge in [-0.2, -0.15) is 0 Å². The Kier molecular flexibility index (Phi) is 3.00. The first kappa shape index (κ1) is 9.47. The fourth-order valence-corrected chi connectivity index (χ4v) is 2.60. The number of thioether (sulfide) groups is 1. The van der Waals surface area contributed by atoms with E-state index < -0.39 is 0 Å². The van der Waals surface area contributed by atoms with Gasteiger partial charge in [0.2, 0.25) is 5.13 Å². The van der Waals surface area contributed by atoms with Gasteiger partial charge < -0.3 is 10.3 Å². The van der Waals surface area contributed by atoms with Gasteiger partial charge in [-0.05, 0) is 0 Å². The Balaban J connectivity index is 1.78. The lowest BCUT2D eigenvalue weighted by Gasteiger charge is -1.98. The maximum Gasteiger partial charge on any atom is 0.203 e. The van der Waals surface area contributed by atoms with Crippen molar-refractivity contribution in [1.29, 1.82) is 0 Å². The Hall–Kier alpha value is -1.08. The summed E-state index contributed by atoms with van der Waals surface area (Å²) in [4.78, 5) is 3.96. The molecule has 0 amide bonds. The molecule has 2 rings (SSSR count). The number of aryl methyl sites for hydroxylation is 1. The van der Waals surface area contributed by atoms with Crippen LogP contribution in [0.15, 0.2) is 23.1 Å². The lowest BCUT2D eigenvalue weighted by molar-refractivity contribution is 0.770. The van der Waals surface area contributed by atoms with Crippen molar-refractivity contribution >= 4 is 28.2 Å². The van der Waals surface area contributed by atoms with Crippen molar-refractivity contribution in [2.75, 3.05) is 11.5 Å². The molecular weight excluding hydrogens is 218 g/mol. The third kappa shape index (κ3) is 2.46. The Bertz CT molecular complexity index is 382. The molecule has 0 spiro atoms. The first-order chi connectivity index (χ1) is 6.84. The normalized spacial score (nSPS) is 10.6. The molecule has 7 heteroatoms. The standard InChI is InChI=1S/C7H9N5S2/c8-6-10-11-7(14-6)13-4-3-12-2-1-9-5-12/h1-2,5H,3-4H2,(H2,8,10). The van der Waals surface area contributed by atoms with Crippen molar-refractivity contribution in [3.05, 3.63) is 18.7 Å². The van der Waals surface area contributed by atoms with Gasteiger partial charge in [0.1, 0.15) is 0 Å². The van der Waals surface area contributed by atoms with Gasteiger partial charge in [-0.3, -0.25) is 0 Å². The second kappa shape index (κ2) is 4.43. The molecule has 0 aliphatic heterocycles. The number of aromatic nitrogens is 4. The van der Waals surface area contributed by atoms with E-state index in [1.807, 2.05) is 10.8 Å². The summed E-state index contributed by atoms with van der Waals surface area (Å²) in [5.41, 5.74) is 5.46. The van der Waals surface area contributed by atoms with Crippen LogP contribution in [0.2, 0.25) is 0 Å². The Morgan fingerprint density at radius 1 is 1.50 bits per heavy atom. The van der Waals surface area contributed by atoms with Crippen molar-refractivity contribution in [2.24, 2.45) is 0 Å². The number of imidazole rings is 1. The molecular formula is C7H9N5S2. The van der Waals surface area contributed by atoms with Crippen molar-refractivity contribution in [3.63, 3.8) is 0 Å². The summed E-state index contributed by atoms with van der Waals surface area (Å²) >= 11 is 3.07. The summed E-state index contributed by atoms with van der Waals surface area (Å²) in [5.74, 6) is 0.949. The summed E-state index contributed by atoms with van der Waals surface area (Å²) in [6.45, 7) is 0.921. The van der Waals surface area contributed by atoms with E-state index in [1.54, 1.807) is 24.3 Å². The SMILES string of the molecule is Nc1nnc(SCCn2ccnc2)s1. The molecule has 14 heavy (non-hydrogen) atoms. The van der Waals surface area contributed by atoms with Gasteiger partial charge >= 0.3 is 0 Å². The highest BCUT2D eigenvalue weighted by Crippen LogP contribution is 2.23. The van der Waals surface area contributed by atoms with Crippen LogP contribution in [-0.4, -0.2) is 25.5 Å². The van der Waals surface area contributed by atoms with E-state index in [2.05, 4.69) is 15.2 Å². The highest BCUT2D eigenvalue weighted by molar-refractivity contribution is 8.01. The predicted molar refractivity (Wildman–Crippen MR) is 57.3 cm³/mol. The highest BCUT2D eigenvalue weighted by atomic mass is 32.2. The van der Waals surface area contributed by atoms with Crippen LogP contribution in [-0.2, 0) is 6.54 Å². The zero-order valence-electron chi connectivity index (χ0n) is 7.33. The number of hydrogen-bond donors (Lipinski definition) is 1. The maximum atomic E-state index is 5.46. The molecule has 2 heterocycles. The molecule has 0 aliphatic rings. The molecule has 0 aromatic carbocycles. The molecule has 0 bridgehead atoms. The van der Waals surface area contributed by atoms with E-state index in [9.17, 15) is 0 Å². The lowest BCUT2D eigenvalue weighted by atomic mass is 10.7. The first-order valence-electron chi connectivity index (χ1n) is 4.02. The van der Waals surface area contributed by atoms with Gasteiger partial charge in [-0.25, -0.2) is 4.98 Å². The largest absolute Gasteiger partial charge is 0.374 e. The van der Waals surface area contributed by atoms with Crippen LogP contribution in [0.3, 0.4) is 0 Å². The maximum absolute atomic E-state index is 5.46. The molecule has 0 aliphatic carbocycles. The molecule has 2 N–H and O–H groups in total. The van der Waals surface area contributed by atoms with Gasteiger partial charge in [-0.15, -0.1) is 10.2 Å². The predicted octanol–water partition coefficient (Wildman–Crippen LogP) is 1.11. The Labute approximate surface area is 89.4 Å². The van der Waals surface area contributed by atoms with Crippen LogP contribution in [0, 0.1) is 0 Å². The van der Waals surface area contributed by atoms with Crippen LogP contribution in [0.5, 0.6) is 0 Å². The van der Waals surface area contributed by atoms with Crippen LogP contribution in [0.25, 0.3) is 0 Å². The topological polar surface area (TPSA) is 69.6 Å². The summed E-state index contributed by atoms with van der Waals surface area (Å²) in [6.07, 6.45) is 5.51. The molecule has 5 nitrogen and oxygen atoms in total. The van der Waals surface area contributed by atoms with E-state index in [-0.39, 0.29) is 0 Å². The summed E-state index contributed by atoms with van der Waals surface area (Å²) < 4.78 is 2.94. The minimum absolute atomic E-state index is 0.523. The van der Waals surface area contributed by atoms with E-state index in [4.69, 9.17) is 5.73 Å². The second-order valence-electron chi connectivity index (χ2n) is 2.56. The van der Waals surface area contributed by atoms with Gasteiger partial charge in [0.15, 0.2) is 4.34 Å². The minimum Gasteiger partial charge on any atom is -0.374 e. The van der Waals surface area contributed by atoms with E-state index >= 15 is 0 Å². The van der Waals surface area contributed by atoms with Crippen molar-refractivity contribution in [2.45, 2.75) is 10.9 Å². The summed E-state index contributed by atoms with van der Waals surface area (Å²) in [5, 5.41) is 8.18. The molecule has 0 unspecified atom stereocenters. The van der Waals surface area contributed by atoms with E-state index in [1.165, 1.54) is 11.3 Å². The molecule has 0 saturated carbocycles. The average molecular weight is 227 g/mol.